The Labute approximate surface area is 100 Å². The normalized spacial score (nSPS) is 11.5. The summed E-state index contributed by atoms with van der Waals surface area (Å²) in [6.45, 7) is -0.148. The number of sulfonamides is 1. The van der Waals surface area contributed by atoms with Gasteiger partial charge in [-0.3, -0.25) is 4.79 Å². The second kappa shape index (κ2) is 5.26. The van der Waals surface area contributed by atoms with Crippen molar-refractivity contribution in [3.63, 3.8) is 0 Å². The quantitative estimate of drug-likeness (QED) is 0.783. The lowest BCUT2D eigenvalue weighted by atomic mass is 10.3. The molecule has 94 valence electrons. The van der Waals surface area contributed by atoms with E-state index in [0.717, 1.165) is 4.31 Å². The van der Waals surface area contributed by atoms with Gasteiger partial charge in [0.1, 0.15) is 0 Å². The first-order valence-corrected chi connectivity index (χ1v) is 6.34. The Balaban J connectivity index is 3.06. The first-order chi connectivity index (χ1) is 7.87. The first kappa shape index (κ1) is 13.6. The zero-order chi connectivity index (χ0) is 13.1. The molecule has 6 nitrogen and oxygen atoms in total. The predicted octanol–water partition coefficient (Wildman–Crippen LogP) is -0.166. The van der Waals surface area contributed by atoms with Crippen molar-refractivity contribution >= 4 is 21.6 Å². The van der Waals surface area contributed by atoms with Gasteiger partial charge in [0.25, 0.3) is 0 Å². The van der Waals surface area contributed by atoms with Gasteiger partial charge in [-0.2, -0.15) is 0 Å². The van der Waals surface area contributed by atoms with Crippen molar-refractivity contribution < 1.29 is 13.2 Å². The van der Waals surface area contributed by atoms with Crippen LogP contribution in [-0.2, 0) is 14.8 Å². The molecular weight excluding hydrogens is 242 g/mol. The van der Waals surface area contributed by atoms with E-state index in [4.69, 9.17) is 5.73 Å². The molecule has 1 aromatic carbocycles. The van der Waals surface area contributed by atoms with Gasteiger partial charge in [0.15, 0.2) is 0 Å². The van der Waals surface area contributed by atoms with Gasteiger partial charge < -0.3 is 11.1 Å². The maximum atomic E-state index is 11.8. The first-order valence-electron chi connectivity index (χ1n) is 4.90. The van der Waals surface area contributed by atoms with Crippen LogP contribution in [0.5, 0.6) is 0 Å². The van der Waals surface area contributed by atoms with Crippen LogP contribution in [0.1, 0.15) is 0 Å². The number of benzene rings is 1. The summed E-state index contributed by atoms with van der Waals surface area (Å²) < 4.78 is 24.8. The summed E-state index contributed by atoms with van der Waals surface area (Å²) in [5.41, 5.74) is 5.56. The van der Waals surface area contributed by atoms with Gasteiger partial charge in [0.2, 0.25) is 15.9 Å². The van der Waals surface area contributed by atoms with E-state index in [1.165, 1.54) is 26.2 Å². The summed E-state index contributed by atoms with van der Waals surface area (Å²) in [6, 6.07) is 6.01. The number of anilines is 1. The highest BCUT2D eigenvalue weighted by atomic mass is 32.2. The van der Waals surface area contributed by atoms with Crippen LogP contribution in [0.25, 0.3) is 0 Å². The third-order valence-corrected chi connectivity index (χ3v) is 3.89. The number of nitrogens with zero attached hydrogens (tertiary/aromatic N) is 1. The molecule has 0 heterocycles. The van der Waals surface area contributed by atoms with E-state index in [1.807, 2.05) is 0 Å². The Bertz CT molecular complexity index is 511. The molecule has 0 aromatic heterocycles. The summed E-state index contributed by atoms with van der Waals surface area (Å²) in [5.74, 6) is -0.371. The standard InChI is InChI=1S/C10H15N3O3S/c1-13(2)17(15,16)9-5-3-4-8(6-9)12-10(14)7-11/h3-6H,7,11H2,1-2H3,(H,12,14). The fourth-order valence-electron chi connectivity index (χ4n) is 1.16. The van der Waals surface area contributed by atoms with Crippen LogP contribution in [-0.4, -0.2) is 39.3 Å². The smallest absolute Gasteiger partial charge is 0.242 e. The highest BCUT2D eigenvalue weighted by Crippen LogP contribution is 2.17. The summed E-state index contributed by atoms with van der Waals surface area (Å²) in [4.78, 5) is 11.2. The lowest BCUT2D eigenvalue weighted by molar-refractivity contribution is -0.114. The Morgan fingerprint density at radius 3 is 2.59 bits per heavy atom. The van der Waals surface area contributed by atoms with Crippen molar-refractivity contribution in [1.29, 1.82) is 0 Å². The van der Waals surface area contributed by atoms with Crippen molar-refractivity contribution in [3.05, 3.63) is 24.3 Å². The number of carbonyl (C=O) groups excluding carboxylic acids is 1. The monoisotopic (exact) mass is 257 g/mol. The van der Waals surface area contributed by atoms with Gasteiger partial charge in [-0.15, -0.1) is 0 Å². The highest BCUT2D eigenvalue weighted by Gasteiger charge is 2.17. The van der Waals surface area contributed by atoms with Crippen LogP contribution in [0.2, 0.25) is 0 Å². The Kier molecular flexibility index (Phi) is 4.22. The molecule has 3 N–H and O–H groups in total. The van der Waals surface area contributed by atoms with Gasteiger partial charge in [0.05, 0.1) is 11.4 Å². The minimum atomic E-state index is -3.49. The van der Waals surface area contributed by atoms with Crippen LogP contribution in [0, 0.1) is 0 Å². The van der Waals surface area contributed by atoms with Crippen LogP contribution in [0.3, 0.4) is 0 Å². The van der Waals surface area contributed by atoms with E-state index in [2.05, 4.69) is 5.32 Å². The maximum Gasteiger partial charge on any atom is 0.242 e. The molecule has 1 aromatic rings. The van der Waals surface area contributed by atoms with Crippen LogP contribution < -0.4 is 11.1 Å². The van der Waals surface area contributed by atoms with Crippen molar-refractivity contribution in [1.82, 2.24) is 4.31 Å². The molecule has 0 unspecified atom stereocenters. The molecule has 7 heteroatoms. The molecule has 1 amide bonds. The third kappa shape index (κ3) is 3.26. The fraction of sp³-hybridized carbons (Fsp3) is 0.300. The number of rotatable bonds is 4. The molecule has 0 aliphatic rings. The molecule has 1 rings (SSSR count). The summed E-state index contributed by atoms with van der Waals surface area (Å²) >= 11 is 0. The average Bonchev–Trinajstić information content (AvgIpc) is 2.29. The van der Waals surface area contributed by atoms with Gasteiger partial charge in [-0.25, -0.2) is 12.7 Å². The van der Waals surface area contributed by atoms with Crippen molar-refractivity contribution in [2.45, 2.75) is 4.90 Å². The second-order valence-electron chi connectivity index (χ2n) is 3.57. The average molecular weight is 257 g/mol. The number of carbonyl (C=O) groups is 1. The minimum Gasteiger partial charge on any atom is -0.325 e. The van der Waals surface area contributed by atoms with Gasteiger partial charge in [0, 0.05) is 19.8 Å². The third-order valence-electron chi connectivity index (χ3n) is 2.08. The van der Waals surface area contributed by atoms with E-state index in [9.17, 15) is 13.2 Å². The largest absolute Gasteiger partial charge is 0.325 e. The zero-order valence-corrected chi connectivity index (χ0v) is 10.5. The molecule has 0 saturated heterocycles. The van der Waals surface area contributed by atoms with Crippen molar-refractivity contribution in [2.75, 3.05) is 26.0 Å². The van der Waals surface area contributed by atoms with Crippen LogP contribution in [0.4, 0.5) is 5.69 Å². The number of hydrogen-bond donors (Lipinski definition) is 2. The highest BCUT2D eigenvalue weighted by molar-refractivity contribution is 7.89. The van der Waals surface area contributed by atoms with Crippen LogP contribution >= 0.6 is 0 Å². The predicted molar refractivity (Wildman–Crippen MR) is 65.0 cm³/mol. The summed E-state index contributed by atoms with van der Waals surface area (Å²) in [5, 5.41) is 2.50. The molecule has 0 spiro atoms. The lowest BCUT2D eigenvalue weighted by Gasteiger charge is -2.12. The van der Waals surface area contributed by atoms with E-state index >= 15 is 0 Å². The van der Waals surface area contributed by atoms with Gasteiger partial charge in [-0.05, 0) is 18.2 Å². The van der Waals surface area contributed by atoms with Gasteiger partial charge >= 0.3 is 0 Å². The van der Waals surface area contributed by atoms with E-state index < -0.39 is 10.0 Å². The summed E-state index contributed by atoms with van der Waals surface area (Å²) in [7, 11) is -0.601. The second-order valence-corrected chi connectivity index (χ2v) is 5.72. The van der Waals surface area contributed by atoms with Crippen molar-refractivity contribution in [3.8, 4) is 0 Å². The Morgan fingerprint density at radius 1 is 1.41 bits per heavy atom. The number of nitrogens with two attached hydrogens (primary N) is 1. The molecule has 0 fully saturated rings. The Morgan fingerprint density at radius 2 is 2.06 bits per heavy atom. The topological polar surface area (TPSA) is 92.5 Å². The lowest BCUT2D eigenvalue weighted by Crippen LogP contribution is -2.23. The molecule has 0 aliphatic heterocycles. The van der Waals surface area contributed by atoms with Gasteiger partial charge in [-0.1, -0.05) is 6.07 Å². The molecule has 0 radical (unpaired) electrons. The number of hydrogen-bond acceptors (Lipinski definition) is 4. The summed E-state index contributed by atoms with van der Waals surface area (Å²) in [6.07, 6.45) is 0. The van der Waals surface area contributed by atoms with E-state index in [1.54, 1.807) is 12.1 Å². The van der Waals surface area contributed by atoms with Crippen molar-refractivity contribution in [2.24, 2.45) is 5.73 Å². The molecule has 0 aliphatic carbocycles. The fourth-order valence-corrected chi connectivity index (χ4v) is 2.11. The van der Waals surface area contributed by atoms with E-state index in [-0.39, 0.29) is 17.3 Å². The minimum absolute atomic E-state index is 0.123. The molecular formula is C10H15N3O3S. The van der Waals surface area contributed by atoms with Crippen LogP contribution in [0.15, 0.2) is 29.2 Å². The van der Waals surface area contributed by atoms with E-state index in [0.29, 0.717) is 5.69 Å². The maximum absolute atomic E-state index is 11.8. The zero-order valence-electron chi connectivity index (χ0n) is 9.67. The SMILES string of the molecule is CN(C)S(=O)(=O)c1cccc(NC(=O)CN)c1. The number of amides is 1. The Hall–Kier alpha value is -1.44. The molecule has 0 bridgehead atoms. The molecule has 17 heavy (non-hydrogen) atoms. The number of nitrogens with one attached hydrogen (secondary N) is 1. The molecule has 0 atom stereocenters. The molecule has 0 saturated carbocycles.